The number of carboxylic acid groups (broad SMARTS) is 1. The summed E-state index contributed by atoms with van der Waals surface area (Å²) >= 11 is 0. The molecule has 0 atom stereocenters. The first-order valence-corrected chi connectivity index (χ1v) is 7.61. The molecular formula is C17H15N3O5. The summed E-state index contributed by atoms with van der Waals surface area (Å²) in [5.41, 5.74) is 2.17. The van der Waals surface area contributed by atoms with Gasteiger partial charge in [0, 0.05) is 24.2 Å². The number of aliphatic carboxylic acids is 1. The summed E-state index contributed by atoms with van der Waals surface area (Å²) in [6.07, 6.45) is 3.67. The van der Waals surface area contributed by atoms with E-state index in [9.17, 15) is 14.9 Å². The van der Waals surface area contributed by atoms with Crippen LogP contribution in [0.15, 0.2) is 48.8 Å². The van der Waals surface area contributed by atoms with Gasteiger partial charge in [0.2, 0.25) is 0 Å². The monoisotopic (exact) mass is 341 g/mol. The summed E-state index contributed by atoms with van der Waals surface area (Å²) in [7, 11) is 0. The third-order valence-electron chi connectivity index (χ3n) is 3.60. The smallest absolute Gasteiger partial charge is 0.303 e. The zero-order valence-electron chi connectivity index (χ0n) is 13.2. The van der Waals surface area contributed by atoms with Crippen molar-refractivity contribution in [1.82, 2.24) is 9.38 Å². The molecule has 3 rings (SSSR count). The van der Waals surface area contributed by atoms with Gasteiger partial charge in [-0.25, -0.2) is 4.98 Å². The third-order valence-corrected chi connectivity index (χ3v) is 3.60. The summed E-state index contributed by atoms with van der Waals surface area (Å²) in [6.45, 7) is 0.337. The summed E-state index contributed by atoms with van der Waals surface area (Å²) in [6, 6.07) is 10.2. The van der Waals surface area contributed by atoms with E-state index in [2.05, 4.69) is 4.98 Å². The van der Waals surface area contributed by atoms with Crippen molar-refractivity contribution in [2.45, 2.75) is 12.8 Å². The molecule has 0 spiro atoms. The van der Waals surface area contributed by atoms with Crippen LogP contribution < -0.4 is 4.74 Å². The van der Waals surface area contributed by atoms with Crippen molar-refractivity contribution in [3.63, 3.8) is 0 Å². The zero-order valence-corrected chi connectivity index (χ0v) is 13.2. The highest BCUT2D eigenvalue weighted by atomic mass is 16.6. The molecule has 128 valence electrons. The van der Waals surface area contributed by atoms with Gasteiger partial charge in [0.1, 0.15) is 11.4 Å². The largest absolute Gasteiger partial charge is 0.494 e. The first-order valence-electron chi connectivity index (χ1n) is 7.61. The molecule has 0 fully saturated rings. The van der Waals surface area contributed by atoms with Gasteiger partial charge in [-0.05, 0) is 36.8 Å². The molecule has 1 N–H and O–H groups in total. The second-order valence-electron chi connectivity index (χ2n) is 5.41. The van der Waals surface area contributed by atoms with Crippen molar-refractivity contribution in [2.24, 2.45) is 0 Å². The van der Waals surface area contributed by atoms with Crippen LogP contribution in [0.5, 0.6) is 5.75 Å². The lowest BCUT2D eigenvalue weighted by atomic mass is 10.1. The molecule has 8 heteroatoms. The number of nitrogens with zero attached hydrogens (tertiary/aromatic N) is 3. The molecule has 0 radical (unpaired) electrons. The van der Waals surface area contributed by atoms with Gasteiger partial charge in [-0.15, -0.1) is 0 Å². The molecule has 0 aliphatic carbocycles. The van der Waals surface area contributed by atoms with Gasteiger partial charge in [0.15, 0.2) is 0 Å². The van der Waals surface area contributed by atoms with E-state index >= 15 is 0 Å². The molecule has 0 saturated carbocycles. The van der Waals surface area contributed by atoms with Crippen LogP contribution in [0.2, 0.25) is 0 Å². The maximum Gasteiger partial charge on any atom is 0.303 e. The number of ether oxygens (including phenoxy) is 1. The Balaban J connectivity index is 1.72. The summed E-state index contributed by atoms with van der Waals surface area (Å²) in [4.78, 5) is 25.3. The highest BCUT2D eigenvalue weighted by Crippen LogP contribution is 2.23. The van der Waals surface area contributed by atoms with E-state index < -0.39 is 10.9 Å². The Hall–Kier alpha value is -3.42. The molecule has 0 aliphatic rings. The summed E-state index contributed by atoms with van der Waals surface area (Å²) in [5, 5.41) is 19.4. The fourth-order valence-corrected chi connectivity index (χ4v) is 2.36. The maximum absolute atomic E-state index is 10.8. The maximum atomic E-state index is 10.8. The van der Waals surface area contributed by atoms with Crippen LogP contribution in [0.4, 0.5) is 5.69 Å². The van der Waals surface area contributed by atoms with Crippen LogP contribution in [0.1, 0.15) is 12.8 Å². The number of carboxylic acids is 1. The number of pyridine rings is 1. The predicted molar refractivity (Wildman–Crippen MR) is 89.6 cm³/mol. The number of aromatic nitrogens is 2. The van der Waals surface area contributed by atoms with Crippen LogP contribution >= 0.6 is 0 Å². The quantitative estimate of drug-likeness (QED) is 0.402. The van der Waals surface area contributed by atoms with E-state index in [1.807, 2.05) is 12.1 Å². The number of imidazole rings is 1. The molecule has 25 heavy (non-hydrogen) atoms. The van der Waals surface area contributed by atoms with Gasteiger partial charge in [0.05, 0.1) is 23.4 Å². The molecule has 2 aromatic heterocycles. The minimum absolute atomic E-state index is 0.00144. The van der Waals surface area contributed by atoms with Crippen LogP contribution in [0.3, 0.4) is 0 Å². The second kappa shape index (κ2) is 7.00. The average molecular weight is 341 g/mol. The number of carbonyl (C=O) groups is 1. The molecule has 1 aromatic carbocycles. The molecule has 0 amide bonds. The fourth-order valence-electron chi connectivity index (χ4n) is 2.36. The Labute approximate surface area is 142 Å². The van der Waals surface area contributed by atoms with E-state index in [4.69, 9.17) is 9.84 Å². The highest BCUT2D eigenvalue weighted by molar-refractivity contribution is 5.66. The van der Waals surface area contributed by atoms with E-state index in [0.717, 1.165) is 5.56 Å². The van der Waals surface area contributed by atoms with Crippen LogP contribution in [0, 0.1) is 10.1 Å². The first kappa shape index (κ1) is 16.4. The normalized spacial score (nSPS) is 10.7. The Morgan fingerprint density at radius 3 is 2.64 bits per heavy atom. The summed E-state index contributed by atoms with van der Waals surface area (Å²) in [5.74, 6) is -0.195. The molecule has 8 nitrogen and oxygen atoms in total. The van der Waals surface area contributed by atoms with E-state index in [-0.39, 0.29) is 12.1 Å². The average Bonchev–Trinajstić information content (AvgIpc) is 3.02. The van der Waals surface area contributed by atoms with Gasteiger partial charge in [-0.2, -0.15) is 0 Å². The fraction of sp³-hybridized carbons (Fsp3) is 0.176. The first-order chi connectivity index (χ1) is 12.0. The van der Waals surface area contributed by atoms with E-state index in [0.29, 0.717) is 30.1 Å². The van der Waals surface area contributed by atoms with Gasteiger partial charge in [-0.3, -0.25) is 19.3 Å². The van der Waals surface area contributed by atoms with Gasteiger partial charge in [0.25, 0.3) is 5.69 Å². The Morgan fingerprint density at radius 1 is 1.20 bits per heavy atom. The predicted octanol–water partition coefficient (Wildman–Crippen LogP) is 3.15. The van der Waals surface area contributed by atoms with Crippen molar-refractivity contribution in [3.05, 3.63) is 58.9 Å². The standard InChI is InChI=1S/C17H15N3O5/c21-17(22)2-1-9-25-14-6-3-12(4-7-14)15-11-19-10-13(20(23)24)5-8-16(19)18-15/h3-8,10-11H,1-2,9H2,(H,21,22). The lowest BCUT2D eigenvalue weighted by Gasteiger charge is -2.05. The van der Waals surface area contributed by atoms with E-state index in [1.165, 1.54) is 12.3 Å². The van der Waals surface area contributed by atoms with Crippen molar-refractivity contribution in [1.29, 1.82) is 0 Å². The topological polar surface area (TPSA) is 107 Å². The number of benzene rings is 1. The minimum atomic E-state index is -0.842. The summed E-state index contributed by atoms with van der Waals surface area (Å²) < 4.78 is 7.10. The third kappa shape index (κ3) is 3.92. The number of rotatable bonds is 7. The minimum Gasteiger partial charge on any atom is -0.494 e. The molecule has 0 aliphatic heterocycles. The molecular weight excluding hydrogens is 326 g/mol. The van der Waals surface area contributed by atoms with Crippen LogP contribution in [0.25, 0.3) is 16.9 Å². The molecule has 3 aromatic rings. The van der Waals surface area contributed by atoms with E-state index in [1.54, 1.807) is 28.8 Å². The van der Waals surface area contributed by atoms with Crippen LogP contribution in [-0.4, -0.2) is 32.0 Å². The number of hydrogen-bond donors (Lipinski definition) is 1. The molecule has 0 saturated heterocycles. The lowest BCUT2D eigenvalue weighted by molar-refractivity contribution is -0.385. The molecule has 2 heterocycles. The van der Waals surface area contributed by atoms with Crippen molar-refractivity contribution < 1.29 is 19.6 Å². The highest BCUT2D eigenvalue weighted by Gasteiger charge is 2.09. The van der Waals surface area contributed by atoms with Crippen molar-refractivity contribution in [2.75, 3.05) is 6.61 Å². The second-order valence-corrected chi connectivity index (χ2v) is 5.41. The number of fused-ring (bicyclic) bond motifs is 1. The lowest BCUT2D eigenvalue weighted by Crippen LogP contribution is -2.01. The van der Waals surface area contributed by atoms with Gasteiger partial charge in [-0.1, -0.05) is 0 Å². The van der Waals surface area contributed by atoms with Gasteiger partial charge >= 0.3 is 5.97 Å². The van der Waals surface area contributed by atoms with Crippen molar-refractivity contribution >= 4 is 17.3 Å². The van der Waals surface area contributed by atoms with Gasteiger partial charge < -0.3 is 9.84 Å². The Morgan fingerprint density at radius 2 is 1.96 bits per heavy atom. The molecule has 0 bridgehead atoms. The SMILES string of the molecule is O=C(O)CCCOc1ccc(-c2cn3cc([N+](=O)[O-])ccc3n2)cc1. The zero-order chi connectivity index (χ0) is 17.8. The number of nitro groups is 1. The Kier molecular flexibility index (Phi) is 4.60. The molecule has 0 unspecified atom stereocenters. The Bertz CT molecular complexity index is 918. The van der Waals surface area contributed by atoms with Crippen molar-refractivity contribution in [3.8, 4) is 17.0 Å². The van der Waals surface area contributed by atoms with Crippen LogP contribution in [-0.2, 0) is 4.79 Å². The number of hydrogen-bond acceptors (Lipinski definition) is 5.